The van der Waals surface area contributed by atoms with Gasteiger partial charge in [0.25, 0.3) is 6.33 Å². The third kappa shape index (κ3) is 6.75. The van der Waals surface area contributed by atoms with Crippen LogP contribution in [0.15, 0.2) is 267 Å². The number of aromatic nitrogens is 6. The highest BCUT2D eigenvalue weighted by Gasteiger charge is 2.29. The van der Waals surface area contributed by atoms with E-state index in [0.29, 0.717) is 11.5 Å². The Morgan fingerprint density at radius 2 is 0.933 bits per heavy atom. The molecule has 0 radical (unpaired) electrons. The maximum atomic E-state index is 6.95. The number of ether oxygens (including phenoxy) is 1. The summed E-state index contributed by atoms with van der Waals surface area (Å²) in [5.74, 6) is 2.23. The summed E-state index contributed by atoms with van der Waals surface area (Å²) < 4.78 is 18.4. The van der Waals surface area contributed by atoms with Gasteiger partial charge in [-0.25, -0.2) is 4.98 Å². The van der Waals surface area contributed by atoms with Crippen molar-refractivity contribution in [1.29, 1.82) is 0 Å². The average Bonchev–Trinajstić information content (AvgIpc) is 4.27. The maximum absolute atomic E-state index is 6.95. The molecule has 10 aromatic carbocycles. The molecule has 0 fully saturated rings. The van der Waals surface area contributed by atoms with Crippen LogP contribution in [-0.2, 0) is 0 Å². The van der Waals surface area contributed by atoms with E-state index in [0.717, 1.165) is 94.7 Å². The van der Waals surface area contributed by atoms with Crippen molar-refractivity contribution in [3.8, 4) is 62.3 Å². The van der Waals surface area contributed by atoms with E-state index in [4.69, 9.17) is 9.72 Å². The summed E-state index contributed by atoms with van der Waals surface area (Å²) in [6.07, 6.45) is 9.68. The summed E-state index contributed by atoms with van der Waals surface area (Å²) in [5.41, 5.74) is 15.3. The zero-order valence-corrected chi connectivity index (χ0v) is 40.5. The van der Waals surface area contributed by atoms with Gasteiger partial charge in [-0.15, -0.1) is 0 Å². The molecule has 15 rings (SSSR count). The minimum absolute atomic E-state index is 0.704. The summed E-state index contributed by atoms with van der Waals surface area (Å²) in [6, 6.07) is 87.7. The van der Waals surface area contributed by atoms with E-state index < -0.39 is 0 Å². The molecule has 0 atom stereocenters. The SMILES string of the molecule is [c-]1n(-c2c(-c3ccccc3)cccc2-c2ccccc2)cc[n+]1-c1cccc(Oc2ccc3c4c5c6ccccc6n(-c6ccccc6)c5c5c6ccccc6n(-c6ccccc6)c5c4n(-c4ccccn4)c3c2)c1. The number of fused-ring (bicyclic) bond motifs is 12. The fraction of sp³-hybridized carbons (Fsp3) is 0. The van der Waals surface area contributed by atoms with E-state index in [2.05, 4.69) is 268 Å². The number of para-hydroxylation sites is 5. The van der Waals surface area contributed by atoms with Crippen LogP contribution in [0.1, 0.15) is 0 Å². The Kier molecular flexibility index (Phi) is 9.75. The van der Waals surface area contributed by atoms with Crippen LogP contribution < -0.4 is 9.30 Å². The fourth-order valence-corrected chi connectivity index (χ4v) is 11.6. The van der Waals surface area contributed by atoms with Gasteiger partial charge >= 0.3 is 0 Å². The molecular formula is C68H44N6O. The van der Waals surface area contributed by atoms with Crippen LogP contribution in [0.25, 0.3) is 116 Å². The minimum atomic E-state index is 0.704. The van der Waals surface area contributed by atoms with Crippen molar-refractivity contribution in [2.24, 2.45) is 0 Å². The molecule has 0 unspecified atom stereocenters. The first kappa shape index (κ1) is 42.4. The fourth-order valence-electron chi connectivity index (χ4n) is 11.6. The number of benzene rings is 10. The van der Waals surface area contributed by atoms with Gasteiger partial charge in [0.1, 0.15) is 17.3 Å². The van der Waals surface area contributed by atoms with Crippen molar-refractivity contribution >= 4 is 65.4 Å². The number of nitrogens with zero attached hydrogens (tertiary/aromatic N) is 6. The topological polar surface area (TPSA) is 45.7 Å². The molecule has 0 spiro atoms. The van der Waals surface area contributed by atoms with Gasteiger partial charge in [0.05, 0.1) is 44.5 Å². The summed E-state index contributed by atoms with van der Waals surface area (Å²) in [5, 5.41) is 6.97. The van der Waals surface area contributed by atoms with Crippen LogP contribution >= 0.6 is 0 Å². The van der Waals surface area contributed by atoms with Crippen LogP contribution in [-0.4, -0.2) is 23.3 Å². The van der Waals surface area contributed by atoms with Crippen molar-refractivity contribution < 1.29 is 9.30 Å². The lowest BCUT2D eigenvalue weighted by molar-refractivity contribution is -0.599. The number of hydrogen-bond donors (Lipinski definition) is 0. The number of imidazole rings is 1. The molecule has 7 heteroatoms. The summed E-state index contributed by atoms with van der Waals surface area (Å²) in [7, 11) is 0. The first-order chi connectivity index (χ1) is 37.2. The van der Waals surface area contributed by atoms with Gasteiger partial charge in [-0.1, -0.05) is 164 Å². The summed E-state index contributed by atoms with van der Waals surface area (Å²) >= 11 is 0. The van der Waals surface area contributed by atoms with E-state index >= 15 is 0 Å². The van der Waals surface area contributed by atoms with Gasteiger partial charge in [-0.2, -0.15) is 0 Å². The second-order valence-electron chi connectivity index (χ2n) is 18.9. The van der Waals surface area contributed by atoms with Crippen LogP contribution in [0.2, 0.25) is 0 Å². The number of hydrogen-bond acceptors (Lipinski definition) is 2. The highest BCUT2D eigenvalue weighted by molar-refractivity contribution is 6.40. The normalized spacial score (nSPS) is 11.7. The van der Waals surface area contributed by atoms with Gasteiger partial charge < -0.3 is 13.9 Å². The van der Waals surface area contributed by atoms with E-state index in [9.17, 15) is 0 Å². The molecule has 0 amide bonds. The Balaban J connectivity index is 0.945. The molecule has 75 heavy (non-hydrogen) atoms. The quantitative estimate of drug-likeness (QED) is 0.107. The Hall–Kier alpha value is -10.2. The highest BCUT2D eigenvalue weighted by atomic mass is 16.5. The van der Waals surface area contributed by atoms with Gasteiger partial charge in [0.2, 0.25) is 0 Å². The van der Waals surface area contributed by atoms with Gasteiger partial charge in [-0.05, 0) is 101 Å². The van der Waals surface area contributed by atoms with Gasteiger partial charge in [-0.3, -0.25) is 13.7 Å². The predicted molar refractivity (Wildman–Crippen MR) is 304 cm³/mol. The van der Waals surface area contributed by atoms with Crippen LogP contribution in [0, 0.1) is 6.33 Å². The van der Waals surface area contributed by atoms with Crippen molar-refractivity contribution in [3.63, 3.8) is 0 Å². The number of pyridine rings is 1. The van der Waals surface area contributed by atoms with E-state index in [1.807, 2.05) is 29.0 Å². The van der Waals surface area contributed by atoms with Crippen molar-refractivity contribution in [3.05, 3.63) is 274 Å². The van der Waals surface area contributed by atoms with E-state index in [1.165, 1.54) is 21.5 Å². The lowest BCUT2D eigenvalue weighted by Gasteiger charge is -2.16. The molecular weight excluding hydrogens is 917 g/mol. The molecule has 5 heterocycles. The zero-order valence-electron chi connectivity index (χ0n) is 40.5. The molecule has 0 saturated heterocycles. The molecule has 0 aliphatic rings. The molecule has 0 N–H and O–H groups in total. The van der Waals surface area contributed by atoms with E-state index in [-0.39, 0.29) is 0 Å². The van der Waals surface area contributed by atoms with Gasteiger partial charge in [0.15, 0.2) is 0 Å². The third-order valence-corrected chi connectivity index (χ3v) is 14.7. The smallest absolute Gasteiger partial charge is 0.268 e. The Labute approximate surface area is 431 Å². The maximum Gasteiger partial charge on any atom is 0.268 e. The molecule has 352 valence electrons. The highest BCUT2D eigenvalue weighted by Crippen LogP contribution is 2.50. The Morgan fingerprint density at radius 1 is 0.400 bits per heavy atom. The first-order valence-electron chi connectivity index (χ1n) is 25.3. The van der Waals surface area contributed by atoms with Crippen molar-refractivity contribution in [2.45, 2.75) is 0 Å². The minimum Gasteiger partial charge on any atom is -0.458 e. The Morgan fingerprint density at radius 3 is 1.59 bits per heavy atom. The molecule has 0 aliphatic heterocycles. The van der Waals surface area contributed by atoms with E-state index in [1.54, 1.807) is 0 Å². The molecule has 0 bridgehead atoms. The molecule has 5 aromatic heterocycles. The average molecular weight is 961 g/mol. The van der Waals surface area contributed by atoms with Crippen LogP contribution in [0.3, 0.4) is 0 Å². The molecule has 0 saturated carbocycles. The second-order valence-corrected chi connectivity index (χ2v) is 18.9. The Bertz CT molecular complexity index is 4590. The van der Waals surface area contributed by atoms with Gasteiger partial charge in [0, 0.05) is 68.3 Å². The third-order valence-electron chi connectivity index (χ3n) is 14.7. The lowest BCUT2D eigenvalue weighted by Crippen LogP contribution is -2.28. The van der Waals surface area contributed by atoms with Crippen LogP contribution in [0.5, 0.6) is 11.5 Å². The summed E-state index contributed by atoms with van der Waals surface area (Å²) in [4.78, 5) is 5.11. The molecule has 7 nitrogen and oxygen atoms in total. The van der Waals surface area contributed by atoms with Crippen molar-refractivity contribution in [2.75, 3.05) is 0 Å². The lowest BCUT2D eigenvalue weighted by atomic mass is 9.96. The monoisotopic (exact) mass is 960 g/mol. The van der Waals surface area contributed by atoms with Crippen LogP contribution in [0.4, 0.5) is 0 Å². The molecule has 15 aromatic rings. The standard InChI is InChI=1S/C68H44N6O/c1-5-21-46(22-6-1)53-33-20-34-54(47-23-7-2-8-24-47)65(53)71-42-41-70(45-71)50-29-19-30-51(43-50)75-52-38-39-57-60(44-52)74(61-37-17-18-40-69-61)67-63(57)62-55-31-13-15-35-58(55)72(48-25-9-3-10-26-48)66(62)64-56-32-14-16-36-59(56)73(68(64)67)49-27-11-4-12-28-49/h1-44H. The summed E-state index contributed by atoms with van der Waals surface area (Å²) in [6.45, 7) is 0. The largest absolute Gasteiger partial charge is 0.458 e. The zero-order chi connectivity index (χ0) is 49.4. The first-order valence-corrected chi connectivity index (χ1v) is 25.3. The second kappa shape index (κ2) is 17.2. The number of rotatable bonds is 9. The van der Waals surface area contributed by atoms with Crippen molar-refractivity contribution in [1.82, 2.24) is 23.3 Å². The molecule has 0 aliphatic carbocycles. The predicted octanol–water partition coefficient (Wildman–Crippen LogP) is 16.4.